The smallest absolute Gasteiger partial charge is 0.387 e. The lowest BCUT2D eigenvalue weighted by Crippen LogP contribution is -2.44. The molecule has 0 amide bonds. The highest BCUT2D eigenvalue weighted by Gasteiger charge is 2.29. The maximum atomic E-state index is 12.9. The third-order valence-corrected chi connectivity index (χ3v) is 7.35. The minimum absolute atomic E-state index is 0.0568. The molecular formula is C23H24Cl2F2N2O5S. The van der Waals surface area contributed by atoms with Crippen LogP contribution in [0.2, 0.25) is 10.0 Å². The summed E-state index contributed by atoms with van der Waals surface area (Å²) in [6, 6.07) is 3.92. The lowest BCUT2D eigenvalue weighted by molar-refractivity contribution is -0.605. The van der Waals surface area contributed by atoms with Crippen LogP contribution >= 0.6 is 35.0 Å². The molecule has 0 spiro atoms. The zero-order valence-corrected chi connectivity index (χ0v) is 20.9. The van der Waals surface area contributed by atoms with Crippen LogP contribution in [0.4, 0.5) is 8.78 Å². The number of benzene rings is 1. The van der Waals surface area contributed by atoms with Crippen LogP contribution in [-0.2, 0) is 16.0 Å². The first-order valence-electron chi connectivity index (χ1n) is 11.1. The van der Waals surface area contributed by atoms with Gasteiger partial charge in [0.1, 0.15) is 22.2 Å². The van der Waals surface area contributed by atoms with Gasteiger partial charge in [-0.05, 0) is 36.5 Å². The van der Waals surface area contributed by atoms with Crippen molar-refractivity contribution in [2.24, 2.45) is 5.92 Å². The number of hydrogen-bond donors (Lipinski definition) is 1. The second kappa shape index (κ2) is 11.8. The molecule has 35 heavy (non-hydrogen) atoms. The summed E-state index contributed by atoms with van der Waals surface area (Å²) in [7, 11) is 0. The van der Waals surface area contributed by atoms with Crippen molar-refractivity contribution < 1.29 is 32.5 Å². The van der Waals surface area contributed by atoms with Crippen LogP contribution < -0.4 is 19.5 Å². The predicted molar refractivity (Wildman–Crippen MR) is 128 cm³/mol. The fourth-order valence-electron chi connectivity index (χ4n) is 3.60. The third kappa shape index (κ3) is 7.25. The van der Waals surface area contributed by atoms with Crippen molar-refractivity contribution in [3.63, 3.8) is 0 Å². The summed E-state index contributed by atoms with van der Waals surface area (Å²) in [6.07, 6.45) is 3.53. The van der Waals surface area contributed by atoms with Gasteiger partial charge in [0.05, 0.1) is 6.61 Å². The number of pyridine rings is 1. The van der Waals surface area contributed by atoms with Gasteiger partial charge in [0, 0.05) is 30.0 Å². The zero-order chi connectivity index (χ0) is 24.9. The van der Waals surface area contributed by atoms with Crippen molar-refractivity contribution in [2.45, 2.75) is 38.0 Å². The van der Waals surface area contributed by atoms with E-state index in [0.29, 0.717) is 40.7 Å². The number of carbonyl (C=O) groups excluding carboxylic acids is 1. The fourth-order valence-corrected chi connectivity index (χ4v) is 5.12. The topological polar surface area (TPSA) is 83.7 Å². The summed E-state index contributed by atoms with van der Waals surface area (Å²) in [6.45, 7) is -1.97. The summed E-state index contributed by atoms with van der Waals surface area (Å²) in [4.78, 5) is 12.9. The Kier molecular flexibility index (Phi) is 8.80. The second-order valence-corrected chi connectivity index (χ2v) is 10.3. The van der Waals surface area contributed by atoms with Crippen molar-refractivity contribution in [3.8, 4) is 11.5 Å². The highest BCUT2D eigenvalue weighted by atomic mass is 35.5. The van der Waals surface area contributed by atoms with Gasteiger partial charge in [0.15, 0.2) is 23.9 Å². The van der Waals surface area contributed by atoms with Gasteiger partial charge in [-0.25, -0.2) is 0 Å². The number of thioether (sulfide) groups is 1. The van der Waals surface area contributed by atoms with Crippen LogP contribution in [0.5, 0.6) is 11.5 Å². The molecule has 2 aromatic rings. The van der Waals surface area contributed by atoms with Gasteiger partial charge in [0.25, 0.3) is 0 Å². The summed E-state index contributed by atoms with van der Waals surface area (Å²) in [5, 5.41) is 15.0. The lowest BCUT2D eigenvalue weighted by Gasteiger charge is -2.26. The molecule has 2 fully saturated rings. The van der Waals surface area contributed by atoms with Crippen LogP contribution in [-0.4, -0.2) is 43.3 Å². The first kappa shape index (κ1) is 26.1. The highest BCUT2D eigenvalue weighted by molar-refractivity contribution is 7.99. The van der Waals surface area contributed by atoms with Crippen molar-refractivity contribution in [1.82, 2.24) is 5.32 Å². The molecule has 1 N–H and O–H groups in total. The molecule has 2 heterocycles. The molecule has 1 saturated carbocycles. The maximum absolute atomic E-state index is 12.9. The van der Waals surface area contributed by atoms with E-state index in [4.69, 9.17) is 32.7 Å². The van der Waals surface area contributed by atoms with Gasteiger partial charge < -0.3 is 24.7 Å². The summed E-state index contributed by atoms with van der Waals surface area (Å²) in [5.41, 5.74) is 0.901. The number of nitrogens with zero attached hydrogens (tertiary/aromatic N) is 1. The standard InChI is InChI=1S/C23H24Cl2F2N2O5S/c24-16-9-29(31)10-17(25)15(16)8-20(33-22(30)18-12-35-6-5-28-18)14-3-4-19(34-23(26)27)21(7-14)32-11-13-1-2-13/h3-4,7,9-10,13,18,20,23,28H,1-2,5-6,8,11-12H2/t18?,20-/m0/s1. The highest BCUT2D eigenvalue weighted by Crippen LogP contribution is 2.38. The first-order chi connectivity index (χ1) is 16.8. The van der Waals surface area contributed by atoms with Crippen LogP contribution in [0.3, 0.4) is 0 Å². The van der Waals surface area contributed by atoms with E-state index >= 15 is 0 Å². The minimum atomic E-state index is -3.02. The van der Waals surface area contributed by atoms with E-state index in [1.165, 1.54) is 18.2 Å². The van der Waals surface area contributed by atoms with Gasteiger partial charge in [-0.3, -0.25) is 4.79 Å². The molecule has 1 saturated heterocycles. The normalized spacial score (nSPS) is 18.8. The van der Waals surface area contributed by atoms with Crippen molar-refractivity contribution >= 4 is 40.9 Å². The molecule has 2 aliphatic rings. The monoisotopic (exact) mass is 548 g/mol. The molecule has 12 heteroatoms. The maximum Gasteiger partial charge on any atom is 0.387 e. The molecule has 0 bridgehead atoms. The van der Waals surface area contributed by atoms with Gasteiger partial charge in [-0.2, -0.15) is 25.3 Å². The number of esters is 1. The molecule has 7 nitrogen and oxygen atoms in total. The Hall–Kier alpha value is -2.01. The number of carbonyl (C=O) groups is 1. The van der Waals surface area contributed by atoms with Crippen LogP contribution in [0, 0.1) is 11.1 Å². The molecule has 1 aliphatic heterocycles. The van der Waals surface area contributed by atoms with E-state index in [0.717, 1.165) is 31.0 Å². The summed E-state index contributed by atoms with van der Waals surface area (Å²) < 4.78 is 42.6. The molecule has 1 aromatic carbocycles. The Morgan fingerprint density at radius 3 is 2.60 bits per heavy atom. The zero-order valence-electron chi connectivity index (χ0n) is 18.6. The van der Waals surface area contributed by atoms with Crippen molar-refractivity contribution in [3.05, 3.63) is 57.0 Å². The van der Waals surface area contributed by atoms with Gasteiger partial charge >= 0.3 is 12.6 Å². The Balaban J connectivity index is 1.64. The Morgan fingerprint density at radius 1 is 1.23 bits per heavy atom. The number of hydrogen-bond acceptors (Lipinski definition) is 7. The molecular weight excluding hydrogens is 525 g/mol. The fraction of sp³-hybridized carbons (Fsp3) is 0.478. The molecule has 1 aromatic heterocycles. The van der Waals surface area contributed by atoms with E-state index < -0.39 is 24.7 Å². The Labute approximate surface area is 215 Å². The SMILES string of the molecule is O=C(O[C@@H](Cc1c(Cl)c[n+]([O-])cc1Cl)c1ccc(OC(F)F)c(OCC2CC2)c1)C1CSCCN1. The lowest BCUT2D eigenvalue weighted by atomic mass is 10.0. The number of nitrogens with one attached hydrogen (secondary N) is 1. The Morgan fingerprint density at radius 2 is 1.97 bits per heavy atom. The van der Waals surface area contributed by atoms with Crippen LogP contribution in [0.1, 0.15) is 30.1 Å². The van der Waals surface area contributed by atoms with Gasteiger partial charge in [-0.1, -0.05) is 29.3 Å². The molecule has 1 unspecified atom stereocenters. The number of rotatable bonds is 10. The molecule has 4 rings (SSSR count). The minimum Gasteiger partial charge on any atom is -0.619 e. The van der Waals surface area contributed by atoms with Gasteiger partial charge in [0.2, 0.25) is 0 Å². The second-order valence-electron chi connectivity index (χ2n) is 8.34. The average molecular weight is 549 g/mol. The van der Waals surface area contributed by atoms with E-state index in [1.807, 2.05) is 0 Å². The summed E-state index contributed by atoms with van der Waals surface area (Å²) in [5.74, 6) is 1.39. The third-order valence-electron chi connectivity index (χ3n) is 5.64. The van der Waals surface area contributed by atoms with Crippen LogP contribution in [0.15, 0.2) is 30.6 Å². The largest absolute Gasteiger partial charge is 0.619 e. The predicted octanol–water partition coefficient (Wildman–Crippen LogP) is 4.55. The molecule has 190 valence electrons. The number of aromatic nitrogens is 1. The summed E-state index contributed by atoms with van der Waals surface area (Å²) >= 11 is 14.2. The van der Waals surface area contributed by atoms with E-state index in [2.05, 4.69) is 10.1 Å². The average Bonchev–Trinajstić information content (AvgIpc) is 3.64. The molecule has 2 atom stereocenters. The molecule has 0 radical (unpaired) electrons. The number of halogens is 4. The number of ether oxygens (including phenoxy) is 3. The molecule has 1 aliphatic carbocycles. The first-order valence-corrected chi connectivity index (χ1v) is 13.0. The van der Waals surface area contributed by atoms with Gasteiger partial charge in [-0.15, -0.1) is 0 Å². The van der Waals surface area contributed by atoms with Crippen LogP contribution in [0.25, 0.3) is 0 Å². The van der Waals surface area contributed by atoms with Crippen molar-refractivity contribution in [2.75, 3.05) is 24.7 Å². The quantitative estimate of drug-likeness (QED) is 0.265. The van der Waals surface area contributed by atoms with Crippen molar-refractivity contribution in [1.29, 1.82) is 0 Å². The van der Waals surface area contributed by atoms with E-state index in [1.54, 1.807) is 11.8 Å². The van der Waals surface area contributed by atoms with E-state index in [9.17, 15) is 18.8 Å². The Bertz CT molecular complexity index is 1030. The van der Waals surface area contributed by atoms with E-state index in [-0.39, 0.29) is 28.0 Å². The number of alkyl halides is 2.